The first-order valence-corrected chi connectivity index (χ1v) is 8.29. The van der Waals surface area contributed by atoms with E-state index in [1.807, 2.05) is 28.9 Å². The van der Waals surface area contributed by atoms with Crippen LogP contribution in [0.15, 0.2) is 41.0 Å². The highest BCUT2D eigenvalue weighted by Gasteiger charge is 2.21. The van der Waals surface area contributed by atoms with Gasteiger partial charge in [-0.15, -0.1) is 0 Å². The van der Waals surface area contributed by atoms with Crippen molar-refractivity contribution in [2.24, 2.45) is 5.92 Å². The number of benzene rings is 1. The molecule has 0 saturated carbocycles. The summed E-state index contributed by atoms with van der Waals surface area (Å²) >= 11 is 3.47. The Morgan fingerprint density at radius 1 is 1.36 bits per heavy atom. The van der Waals surface area contributed by atoms with Gasteiger partial charge in [-0.05, 0) is 43.6 Å². The minimum atomic E-state index is 0.0930. The number of hydrogen-bond donors (Lipinski definition) is 2. The van der Waals surface area contributed by atoms with Crippen molar-refractivity contribution < 1.29 is 4.79 Å². The fourth-order valence-electron chi connectivity index (χ4n) is 2.69. The molecule has 1 aliphatic rings. The van der Waals surface area contributed by atoms with Gasteiger partial charge in [0.15, 0.2) is 0 Å². The molecule has 1 aliphatic heterocycles. The molecule has 2 N–H and O–H groups in total. The van der Waals surface area contributed by atoms with Gasteiger partial charge in [0.05, 0.1) is 12.7 Å². The Bertz CT molecular complexity index is 649. The molecule has 116 valence electrons. The lowest BCUT2D eigenvalue weighted by molar-refractivity contribution is -0.120. The van der Waals surface area contributed by atoms with Crippen molar-refractivity contribution in [2.45, 2.75) is 19.4 Å². The molecule has 1 aromatic heterocycles. The first-order valence-electron chi connectivity index (χ1n) is 7.50. The second-order valence-electron chi connectivity index (χ2n) is 5.52. The minimum Gasteiger partial charge on any atom is -0.317 e. The Labute approximate surface area is 138 Å². The average molecular weight is 363 g/mol. The van der Waals surface area contributed by atoms with Gasteiger partial charge in [0, 0.05) is 16.5 Å². The number of aromatic nitrogens is 2. The van der Waals surface area contributed by atoms with Crippen LogP contribution in [0.2, 0.25) is 0 Å². The Kier molecular flexibility index (Phi) is 4.90. The van der Waals surface area contributed by atoms with E-state index in [4.69, 9.17) is 0 Å². The fourth-order valence-corrected chi connectivity index (χ4v) is 3.13. The molecule has 1 fully saturated rings. The van der Waals surface area contributed by atoms with Gasteiger partial charge in [0.25, 0.3) is 0 Å². The van der Waals surface area contributed by atoms with Gasteiger partial charge >= 0.3 is 0 Å². The summed E-state index contributed by atoms with van der Waals surface area (Å²) in [4.78, 5) is 12.3. The smallest absolute Gasteiger partial charge is 0.228 e. The van der Waals surface area contributed by atoms with Crippen molar-refractivity contribution in [3.8, 4) is 0 Å². The van der Waals surface area contributed by atoms with E-state index in [1.54, 1.807) is 6.20 Å². The molecule has 0 bridgehead atoms. The molecule has 0 radical (unpaired) electrons. The Morgan fingerprint density at radius 2 is 2.18 bits per heavy atom. The highest BCUT2D eigenvalue weighted by molar-refractivity contribution is 9.10. The standard InChI is InChI=1S/C16H19BrN4O/c17-14-3-1-2-12(10-14)11-21-15(6-9-19-21)20-16(22)13-4-7-18-8-5-13/h1-3,6,9-10,13,18H,4-5,7-8,11H2,(H,20,22). The van der Waals surface area contributed by atoms with E-state index < -0.39 is 0 Å². The monoisotopic (exact) mass is 362 g/mol. The lowest BCUT2D eigenvalue weighted by Crippen LogP contribution is -2.35. The summed E-state index contributed by atoms with van der Waals surface area (Å²) in [5.74, 6) is 0.941. The topological polar surface area (TPSA) is 59.0 Å². The quantitative estimate of drug-likeness (QED) is 0.878. The molecule has 6 heteroatoms. The zero-order valence-electron chi connectivity index (χ0n) is 12.3. The Hall–Kier alpha value is -1.66. The molecule has 0 unspecified atom stereocenters. The van der Waals surface area contributed by atoms with Crippen LogP contribution in [0.1, 0.15) is 18.4 Å². The zero-order valence-corrected chi connectivity index (χ0v) is 13.8. The first kappa shape index (κ1) is 15.2. The van der Waals surface area contributed by atoms with Crippen LogP contribution in [-0.4, -0.2) is 28.8 Å². The number of carbonyl (C=O) groups is 1. The third-order valence-corrected chi connectivity index (χ3v) is 4.39. The van der Waals surface area contributed by atoms with Crippen LogP contribution in [0.4, 0.5) is 5.82 Å². The average Bonchev–Trinajstić information content (AvgIpc) is 2.95. The fraction of sp³-hybridized carbons (Fsp3) is 0.375. The summed E-state index contributed by atoms with van der Waals surface area (Å²) in [7, 11) is 0. The molecule has 0 spiro atoms. The maximum atomic E-state index is 12.3. The maximum Gasteiger partial charge on any atom is 0.228 e. The van der Waals surface area contributed by atoms with Gasteiger partial charge in [-0.1, -0.05) is 28.1 Å². The molecule has 1 amide bonds. The molecule has 2 heterocycles. The van der Waals surface area contributed by atoms with Crippen LogP contribution in [-0.2, 0) is 11.3 Å². The summed E-state index contributed by atoms with van der Waals surface area (Å²) in [6.07, 6.45) is 3.51. The Balaban J connectivity index is 1.68. The van der Waals surface area contributed by atoms with Crippen LogP contribution < -0.4 is 10.6 Å². The summed E-state index contributed by atoms with van der Waals surface area (Å²) in [6, 6.07) is 9.93. The molecule has 1 aromatic carbocycles. The normalized spacial score (nSPS) is 15.7. The van der Waals surface area contributed by atoms with Crippen molar-refractivity contribution in [1.82, 2.24) is 15.1 Å². The lowest BCUT2D eigenvalue weighted by Gasteiger charge is -2.21. The van der Waals surface area contributed by atoms with Crippen LogP contribution in [0, 0.1) is 5.92 Å². The number of anilines is 1. The number of amides is 1. The van der Waals surface area contributed by atoms with Crippen LogP contribution >= 0.6 is 15.9 Å². The minimum absolute atomic E-state index is 0.0930. The van der Waals surface area contributed by atoms with E-state index in [9.17, 15) is 4.79 Å². The van der Waals surface area contributed by atoms with Crippen molar-refractivity contribution in [2.75, 3.05) is 18.4 Å². The second kappa shape index (κ2) is 7.07. The molecule has 3 rings (SSSR count). The molecule has 22 heavy (non-hydrogen) atoms. The van der Waals surface area contributed by atoms with Gasteiger partial charge < -0.3 is 10.6 Å². The molecular formula is C16H19BrN4O. The molecular weight excluding hydrogens is 344 g/mol. The SMILES string of the molecule is O=C(Nc1ccnn1Cc1cccc(Br)c1)C1CCNCC1. The van der Waals surface area contributed by atoms with Crippen LogP contribution in [0.3, 0.4) is 0 Å². The second-order valence-corrected chi connectivity index (χ2v) is 6.43. The molecule has 1 saturated heterocycles. The lowest BCUT2D eigenvalue weighted by atomic mass is 9.97. The number of hydrogen-bond acceptors (Lipinski definition) is 3. The summed E-state index contributed by atoms with van der Waals surface area (Å²) in [5.41, 5.74) is 1.13. The number of piperidine rings is 1. The van der Waals surface area contributed by atoms with Crippen molar-refractivity contribution in [1.29, 1.82) is 0 Å². The molecule has 0 aliphatic carbocycles. The summed E-state index contributed by atoms with van der Waals surface area (Å²) in [5, 5.41) is 10.6. The van der Waals surface area contributed by atoms with Gasteiger partial charge in [-0.3, -0.25) is 4.79 Å². The van der Waals surface area contributed by atoms with E-state index in [1.165, 1.54) is 0 Å². The van der Waals surface area contributed by atoms with Gasteiger partial charge in [0.2, 0.25) is 5.91 Å². The van der Waals surface area contributed by atoms with Crippen molar-refractivity contribution in [3.63, 3.8) is 0 Å². The Morgan fingerprint density at radius 3 is 2.95 bits per heavy atom. The van der Waals surface area contributed by atoms with E-state index in [2.05, 4.69) is 37.7 Å². The number of nitrogens with zero attached hydrogens (tertiary/aromatic N) is 2. The first-order chi connectivity index (χ1) is 10.7. The molecule has 0 atom stereocenters. The predicted molar refractivity (Wildman–Crippen MR) is 89.7 cm³/mol. The largest absolute Gasteiger partial charge is 0.317 e. The van der Waals surface area contributed by atoms with E-state index in [-0.39, 0.29) is 11.8 Å². The summed E-state index contributed by atoms with van der Waals surface area (Å²) in [6.45, 7) is 2.46. The number of nitrogens with one attached hydrogen (secondary N) is 2. The maximum absolute atomic E-state index is 12.3. The van der Waals surface area contributed by atoms with E-state index in [0.29, 0.717) is 6.54 Å². The van der Waals surface area contributed by atoms with Gasteiger partial charge in [0.1, 0.15) is 5.82 Å². The van der Waals surface area contributed by atoms with Gasteiger partial charge in [-0.2, -0.15) is 5.10 Å². The van der Waals surface area contributed by atoms with E-state index in [0.717, 1.165) is 41.8 Å². The molecule has 5 nitrogen and oxygen atoms in total. The highest BCUT2D eigenvalue weighted by atomic mass is 79.9. The molecule has 2 aromatic rings. The highest BCUT2D eigenvalue weighted by Crippen LogP contribution is 2.17. The number of rotatable bonds is 4. The van der Waals surface area contributed by atoms with Crippen LogP contribution in [0.5, 0.6) is 0 Å². The summed E-state index contributed by atoms with van der Waals surface area (Å²) < 4.78 is 2.86. The number of carbonyl (C=O) groups excluding carboxylic acids is 1. The van der Waals surface area contributed by atoms with E-state index >= 15 is 0 Å². The third kappa shape index (κ3) is 3.75. The predicted octanol–water partition coefficient (Wildman–Crippen LogP) is 2.63. The van der Waals surface area contributed by atoms with Gasteiger partial charge in [-0.25, -0.2) is 4.68 Å². The van der Waals surface area contributed by atoms with Crippen LogP contribution in [0.25, 0.3) is 0 Å². The third-order valence-electron chi connectivity index (χ3n) is 3.90. The van der Waals surface area contributed by atoms with Crippen molar-refractivity contribution in [3.05, 3.63) is 46.6 Å². The zero-order chi connectivity index (χ0) is 15.4. The number of halogens is 1. The van der Waals surface area contributed by atoms with Crippen molar-refractivity contribution >= 4 is 27.7 Å².